The van der Waals surface area contributed by atoms with Gasteiger partial charge in [-0.15, -0.1) is 0 Å². The maximum atomic E-state index is 13.1. The summed E-state index contributed by atoms with van der Waals surface area (Å²) in [5.74, 6) is 2.32. The van der Waals surface area contributed by atoms with Gasteiger partial charge in [0.15, 0.2) is 0 Å². The number of aryl methyl sites for hydroxylation is 1. The van der Waals surface area contributed by atoms with Crippen molar-refractivity contribution in [1.29, 1.82) is 0 Å². The number of benzene rings is 5. The molecule has 5 aromatic carbocycles. The number of hydrogen-bond donors (Lipinski definition) is 8. The summed E-state index contributed by atoms with van der Waals surface area (Å²) in [7, 11) is 0. The first kappa shape index (κ1) is 82.8. The van der Waals surface area contributed by atoms with Gasteiger partial charge in [0, 0.05) is 106 Å². The van der Waals surface area contributed by atoms with Crippen LogP contribution in [0.5, 0.6) is 0 Å². The van der Waals surface area contributed by atoms with Gasteiger partial charge in [-0.3, -0.25) is 54.1 Å². The summed E-state index contributed by atoms with van der Waals surface area (Å²) < 4.78 is 78.3. The van der Waals surface area contributed by atoms with E-state index < -0.39 is 57.4 Å². The van der Waals surface area contributed by atoms with Crippen molar-refractivity contribution in [3.8, 4) is 0 Å². The van der Waals surface area contributed by atoms with Crippen LogP contribution in [0.25, 0.3) is 0 Å². The van der Waals surface area contributed by atoms with Gasteiger partial charge in [0.05, 0.1) is 11.1 Å². The maximum Gasteiger partial charge on any atom is 0.416 e. The highest BCUT2D eigenvalue weighted by Gasteiger charge is 2.35. The third kappa shape index (κ3) is 21.9. The molecule has 19 nitrogen and oxygen atoms in total. The number of H-pyrrole nitrogens is 8. The van der Waals surface area contributed by atoms with Gasteiger partial charge in [-0.05, 0) is 233 Å². The Labute approximate surface area is 669 Å². The zero-order valence-corrected chi connectivity index (χ0v) is 64.8. The van der Waals surface area contributed by atoms with E-state index in [9.17, 15) is 64.7 Å². The molecule has 4 aliphatic rings. The molecule has 16 rings (SSSR count). The first-order valence-corrected chi connectivity index (χ1v) is 40.0. The van der Waals surface area contributed by atoms with E-state index in [0.29, 0.717) is 70.2 Å². The summed E-state index contributed by atoms with van der Waals surface area (Å²) in [6.45, 7) is 2.01. The molecule has 0 bridgehead atoms. The molecule has 117 heavy (non-hydrogen) atoms. The topological polar surface area (TPSA) is 302 Å². The molecular weight excluding hydrogens is 1500 g/mol. The normalized spacial score (nSPS) is 19.4. The fraction of sp³-hybridized carbons (Fsp3) is 0.337. The van der Waals surface area contributed by atoms with E-state index in [2.05, 4.69) is 128 Å². The van der Waals surface area contributed by atoms with Crippen molar-refractivity contribution < 1.29 is 26.3 Å². The van der Waals surface area contributed by atoms with Gasteiger partial charge in [-0.1, -0.05) is 146 Å². The van der Waals surface area contributed by atoms with E-state index in [-0.39, 0.29) is 58.9 Å². The number of nitrogens with one attached hydrogen (secondary N) is 8. The Morgan fingerprint density at radius 2 is 0.573 bits per heavy atom. The van der Waals surface area contributed by atoms with Crippen LogP contribution in [0.15, 0.2) is 245 Å². The molecule has 0 atom stereocenters. The number of nitrogens with zero attached hydrogens (tertiary/aromatic N) is 3. The molecule has 0 amide bonds. The van der Waals surface area contributed by atoms with Crippen LogP contribution in [0.3, 0.4) is 0 Å². The van der Waals surface area contributed by atoms with Crippen LogP contribution in [-0.4, -0.2) is 54.8 Å². The van der Waals surface area contributed by atoms with Gasteiger partial charge < -0.3 is 19.9 Å². The number of halogens is 6. The quantitative estimate of drug-likeness (QED) is 0.0421. The van der Waals surface area contributed by atoms with Crippen LogP contribution in [0.1, 0.15) is 257 Å². The summed E-state index contributed by atoms with van der Waals surface area (Å²) in [5.41, 5.74) is 7.81. The number of alkyl halides is 6. The lowest BCUT2D eigenvalue weighted by molar-refractivity contribution is -0.138. The van der Waals surface area contributed by atoms with Crippen molar-refractivity contribution in [2.75, 3.05) is 0 Å². The summed E-state index contributed by atoms with van der Waals surface area (Å²) in [6, 6.07) is 58.0. The van der Waals surface area contributed by atoms with E-state index in [1.807, 2.05) is 85.8 Å². The molecule has 606 valence electrons. The number of hydrogen-bond acceptors (Lipinski definition) is 11. The van der Waals surface area contributed by atoms with Crippen molar-refractivity contribution >= 4 is 0 Å². The fourth-order valence-electron chi connectivity index (χ4n) is 17.5. The Kier molecular flexibility index (Phi) is 27.0. The van der Waals surface area contributed by atoms with Gasteiger partial charge in [-0.25, -0.2) is 19.2 Å². The Bertz CT molecular complexity index is 5630. The van der Waals surface area contributed by atoms with E-state index >= 15 is 0 Å². The first-order chi connectivity index (χ1) is 56.4. The van der Waals surface area contributed by atoms with Crippen LogP contribution in [-0.2, 0) is 38.0 Å². The lowest BCUT2D eigenvalue weighted by atomic mass is 9.76. The lowest BCUT2D eigenvalue weighted by Gasteiger charge is -2.29. The molecule has 4 aliphatic carbocycles. The Morgan fingerprint density at radius 3 is 0.897 bits per heavy atom. The van der Waals surface area contributed by atoms with Crippen molar-refractivity contribution in [2.45, 2.75) is 195 Å². The molecule has 25 heteroatoms. The Morgan fingerprint density at radius 1 is 0.282 bits per heavy atom. The zero-order valence-electron chi connectivity index (χ0n) is 64.8. The average molecular weight is 1590 g/mol. The highest BCUT2D eigenvalue weighted by atomic mass is 19.4. The second-order valence-corrected chi connectivity index (χ2v) is 31.1. The fourth-order valence-corrected chi connectivity index (χ4v) is 17.5. The summed E-state index contributed by atoms with van der Waals surface area (Å²) in [6.07, 6.45) is 11.4. The zero-order chi connectivity index (χ0) is 82.2. The molecule has 0 unspecified atom stereocenters. The number of aromatic nitrogens is 11. The standard InChI is InChI=1S/C24H23F3N2O2.C23H22F3N3O2.C23H25N3O2.C22H23N3O2/c25-24(26,27)19-8-4-5-15(13-19)14-20-21(28-23(31)29-22(20)30)18-11-9-17(10-12-18)16-6-2-1-3-7-16;24-23(25,26)17-10-11-27-18(12-17)13-19-20(28-22(31)29-21(19)30)16-8-6-15(7-9-16)14-4-2-1-3-5-14;1-15-11-12-24-19(13-15)14-20-21(25-23(28)26-22(20)27)18-9-7-17(8-10-18)16-5-3-2-4-6-16;26-21-19(14-18-8-4-5-13-23-18)20(24-22(27)25-21)17-11-9-16(10-12-17)15-6-2-1-3-7-15/h1-8,13,17-18H,9-12,14H2,(H2,28,29,30,31);1-5,10-12,15-16H,6-9,13H2,(H2,28,29,30,31);2-6,11-13,17-18H,7-10,14H2,1H3,(H2,25,26,27,28);1-8,13,16-17H,9-12,14H2,(H2,24,25,26,27). The number of aromatic amines is 8. The minimum Gasteiger partial charge on any atom is -0.311 e. The molecule has 7 aromatic heterocycles. The maximum absolute atomic E-state index is 13.1. The van der Waals surface area contributed by atoms with E-state index in [4.69, 9.17) is 0 Å². The van der Waals surface area contributed by atoms with Crippen LogP contribution >= 0.6 is 0 Å². The largest absolute Gasteiger partial charge is 0.416 e. The highest BCUT2D eigenvalue weighted by molar-refractivity contribution is 5.36. The third-order valence-electron chi connectivity index (χ3n) is 23.5. The van der Waals surface area contributed by atoms with E-state index in [1.165, 1.54) is 28.3 Å². The van der Waals surface area contributed by atoms with Crippen molar-refractivity contribution in [2.24, 2.45) is 0 Å². The molecule has 4 saturated carbocycles. The van der Waals surface area contributed by atoms with Crippen LogP contribution < -0.4 is 45.0 Å². The highest BCUT2D eigenvalue weighted by Crippen LogP contribution is 2.45. The van der Waals surface area contributed by atoms with Gasteiger partial charge in [0.1, 0.15) is 0 Å². The Hall–Kier alpha value is -12.2. The smallest absolute Gasteiger partial charge is 0.311 e. The molecule has 0 spiro atoms. The second kappa shape index (κ2) is 38.1. The predicted molar refractivity (Wildman–Crippen MR) is 437 cm³/mol. The molecule has 0 saturated heterocycles. The molecule has 12 aromatic rings. The predicted octanol–water partition coefficient (Wildman–Crippen LogP) is 16.9. The molecule has 7 heterocycles. The van der Waals surface area contributed by atoms with Crippen LogP contribution in [0, 0.1) is 6.92 Å². The summed E-state index contributed by atoms with van der Waals surface area (Å²) in [5, 5.41) is 0. The van der Waals surface area contributed by atoms with Crippen molar-refractivity contribution in [1.82, 2.24) is 54.8 Å². The van der Waals surface area contributed by atoms with Crippen molar-refractivity contribution in [3.05, 3.63) is 397 Å². The Balaban J connectivity index is 0.000000136. The summed E-state index contributed by atoms with van der Waals surface area (Å²) in [4.78, 5) is 131. The van der Waals surface area contributed by atoms with Gasteiger partial charge >= 0.3 is 35.1 Å². The van der Waals surface area contributed by atoms with Gasteiger partial charge in [0.2, 0.25) is 0 Å². The van der Waals surface area contributed by atoms with Gasteiger partial charge in [-0.2, -0.15) is 26.3 Å². The second-order valence-electron chi connectivity index (χ2n) is 31.1. The molecule has 8 N–H and O–H groups in total. The molecule has 0 aliphatic heterocycles. The van der Waals surface area contributed by atoms with Gasteiger partial charge in [0.25, 0.3) is 22.2 Å². The SMILES string of the molecule is Cc1ccnc(Cc2c(C3CCC(c4ccccc4)CC3)[nH]c(=O)[nH]c2=O)c1.O=c1[nH]c(C2CCC(c3ccccc3)CC2)c(Cc2cc(C(F)(F)F)ccn2)c(=O)[nH]1.O=c1[nH]c(C2CCC(c3ccccc3)CC2)c(Cc2cccc(C(F)(F)F)c2)c(=O)[nH]1.O=c1[nH]c(C2CCC(c3ccccc3)CC2)c(Cc2ccccn2)c(=O)[nH]1. The van der Waals surface area contributed by atoms with E-state index in [1.54, 1.807) is 18.5 Å². The number of pyridine rings is 3. The lowest BCUT2D eigenvalue weighted by Crippen LogP contribution is -2.30. The third-order valence-corrected chi connectivity index (χ3v) is 23.5. The van der Waals surface area contributed by atoms with Crippen molar-refractivity contribution in [3.63, 3.8) is 0 Å². The monoisotopic (exact) mass is 1590 g/mol. The first-order valence-electron chi connectivity index (χ1n) is 40.0. The molecule has 0 radical (unpaired) electrons. The van der Waals surface area contributed by atoms with E-state index in [0.717, 1.165) is 162 Å². The van der Waals surface area contributed by atoms with Crippen LogP contribution in [0.4, 0.5) is 26.3 Å². The minimum atomic E-state index is -4.49. The average Bonchev–Trinajstić information content (AvgIpc) is 0.808. The van der Waals surface area contributed by atoms with Crippen LogP contribution in [0.2, 0.25) is 0 Å². The molecule has 4 fully saturated rings. The number of rotatable bonds is 16. The molecular formula is C92H93F6N11O8. The minimum absolute atomic E-state index is 0.00392. The summed E-state index contributed by atoms with van der Waals surface area (Å²) >= 11 is 0.